The molecular weight excluding hydrogens is 350 g/mol. The van der Waals surface area contributed by atoms with Crippen LogP contribution in [0.1, 0.15) is 18.1 Å². The van der Waals surface area contributed by atoms with Gasteiger partial charge in [0.25, 0.3) is 0 Å². The van der Waals surface area contributed by atoms with Crippen LogP contribution >= 0.6 is 15.9 Å². The first kappa shape index (κ1) is 14.6. The fraction of sp³-hybridized carbons (Fsp3) is 0.250. The lowest BCUT2D eigenvalue weighted by Crippen LogP contribution is -2.36. The molecular formula is C16H16BrNO2S. The summed E-state index contributed by atoms with van der Waals surface area (Å²) in [5, 5.41) is 0. The van der Waals surface area contributed by atoms with Crippen molar-refractivity contribution in [1.29, 1.82) is 0 Å². The molecule has 0 saturated carbocycles. The number of anilines is 1. The standard InChI is InChI=1S/C16H16BrNO2S/c1-12-10-14-4-2-3-5-16(14)18(12)21(19,20)11-13-6-8-15(17)9-7-13/h2-9,12H,10-11H2,1H3/t12-/m0/s1. The van der Waals surface area contributed by atoms with Crippen LogP contribution in [-0.2, 0) is 22.2 Å². The number of hydrogen-bond donors (Lipinski definition) is 0. The van der Waals surface area contributed by atoms with Gasteiger partial charge in [0, 0.05) is 10.5 Å². The Bertz CT molecular complexity index is 756. The van der Waals surface area contributed by atoms with Crippen LogP contribution in [0, 0.1) is 0 Å². The van der Waals surface area contributed by atoms with Gasteiger partial charge >= 0.3 is 0 Å². The van der Waals surface area contributed by atoms with Gasteiger partial charge in [-0.15, -0.1) is 0 Å². The average molecular weight is 366 g/mol. The second kappa shape index (κ2) is 5.46. The minimum absolute atomic E-state index is 0.0251. The van der Waals surface area contributed by atoms with Crippen molar-refractivity contribution in [2.45, 2.75) is 25.1 Å². The maximum absolute atomic E-state index is 12.8. The quantitative estimate of drug-likeness (QED) is 0.830. The molecule has 0 bridgehead atoms. The topological polar surface area (TPSA) is 37.4 Å². The first-order valence-electron chi connectivity index (χ1n) is 6.82. The summed E-state index contributed by atoms with van der Waals surface area (Å²) in [4.78, 5) is 0. The van der Waals surface area contributed by atoms with Crippen LogP contribution in [0.3, 0.4) is 0 Å². The van der Waals surface area contributed by atoms with E-state index in [0.717, 1.165) is 27.7 Å². The lowest BCUT2D eigenvalue weighted by molar-refractivity contribution is 0.583. The number of fused-ring (bicyclic) bond motifs is 1. The van der Waals surface area contributed by atoms with Crippen LogP contribution in [0.5, 0.6) is 0 Å². The van der Waals surface area contributed by atoms with Crippen molar-refractivity contribution in [3.63, 3.8) is 0 Å². The highest BCUT2D eigenvalue weighted by atomic mass is 79.9. The number of benzene rings is 2. The summed E-state index contributed by atoms with van der Waals surface area (Å²) in [5.41, 5.74) is 2.72. The zero-order chi connectivity index (χ0) is 15.0. The molecule has 3 nitrogen and oxygen atoms in total. The van der Waals surface area contributed by atoms with Crippen LogP contribution < -0.4 is 4.31 Å². The van der Waals surface area contributed by atoms with Crippen LogP contribution in [-0.4, -0.2) is 14.5 Å². The van der Waals surface area contributed by atoms with E-state index in [9.17, 15) is 8.42 Å². The minimum atomic E-state index is -3.37. The normalized spacial score (nSPS) is 17.8. The third kappa shape index (κ3) is 2.85. The predicted molar refractivity (Wildman–Crippen MR) is 88.9 cm³/mol. The second-order valence-electron chi connectivity index (χ2n) is 5.36. The van der Waals surface area contributed by atoms with Crippen molar-refractivity contribution < 1.29 is 8.42 Å². The zero-order valence-electron chi connectivity index (χ0n) is 11.7. The average Bonchev–Trinajstić information content (AvgIpc) is 2.77. The van der Waals surface area contributed by atoms with Gasteiger partial charge in [0.1, 0.15) is 0 Å². The smallest absolute Gasteiger partial charge is 0.239 e. The van der Waals surface area contributed by atoms with Gasteiger partial charge in [-0.1, -0.05) is 46.3 Å². The van der Waals surface area contributed by atoms with E-state index in [-0.39, 0.29) is 11.8 Å². The van der Waals surface area contributed by atoms with E-state index >= 15 is 0 Å². The van der Waals surface area contributed by atoms with Crippen molar-refractivity contribution in [2.24, 2.45) is 0 Å². The van der Waals surface area contributed by atoms with E-state index in [1.165, 1.54) is 0 Å². The molecule has 1 aliphatic heterocycles. The summed E-state index contributed by atoms with van der Waals surface area (Å²) in [7, 11) is -3.37. The Kier molecular flexibility index (Phi) is 3.80. The number of hydrogen-bond acceptors (Lipinski definition) is 2. The molecule has 3 rings (SSSR count). The van der Waals surface area contributed by atoms with Crippen molar-refractivity contribution in [3.05, 3.63) is 64.1 Å². The lowest BCUT2D eigenvalue weighted by atomic mass is 10.1. The van der Waals surface area contributed by atoms with E-state index in [4.69, 9.17) is 0 Å². The number of para-hydroxylation sites is 1. The summed E-state index contributed by atoms with van der Waals surface area (Å²) in [6.45, 7) is 1.96. The Balaban J connectivity index is 1.93. The van der Waals surface area contributed by atoms with Crippen LogP contribution in [0.15, 0.2) is 53.0 Å². The summed E-state index contributed by atoms with van der Waals surface area (Å²) < 4.78 is 28.1. The SMILES string of the molecule is C[C@H]1Cc2ccccc2N1S(=O)(=O)Cc1ccc(Br)cc1. The summed E-state index contributed by atoms with van der Waals surface area (Å²) >= 11 is 3.36. The molecule has 110 valence electrons. The molecule has 21 heavy (non-hydrogen) atoms. The fourth-order valence-corrected chi connectivity index (χ4v) is 4.94. The van der Waals surface area contributed by atoms with Gasteiger partial charge in [-0.05, 0) is 42.7 Å². The third-order valence-corrected chi connectivity index (χ3v) is 6.09. The van der Waals surface area contributed by atoms with E-state index in [0.29, 0.717) is 0 Å². The minimum Gasteiger partial charge on any atom is -0.267 e. The highest BCUT2D eigenvalue weighted by Gasteiger charge is 2.34. The number of halogens is 1. The summed E-state index contributed by atoms with van der Waals surface area (Å²) in [6, 6.07) is 15.1. The van der Waals surface area contributed by atoms with E-state index < -0.39 is 10.0 Å². The van der Waals surface area contributed by atoms with Gasteiger partial charge in [0.2, 0.25) is 10.0 Å². The Hall–Kier alpha value is -1.33. The molecule has 0 aromatic heterocycles. The molecule has 1 heterocycles. The Morgan fingerprint density at radius 2 is 1.81 bits per heavy atom. The lowest BCUT2D eigenvalue weighted by Gasteiger charge is -2.24. The fourth-order valence-electron chi connectivity index (χ4n) is 2.82. The molecule has 2 aromatic carbocycles. The monoisotopic (exact) mass is 365 g/mol. The van der Waals surface area contributed by atoms with Gasteiger partial charge in [-0.3, -0.25) is 4.31 Å². The Labute approximate surface area is 133 Å². The first-order valence-corrected chi connectivity index (χ1v) is 9.22. The van der Waals surface area contributed by atoms with Crippen LogP contribution in [0.4, 0.5) is 5.69 Å². The van der Waals surface area contributed by atoms with Crippen molar-refractivity contribution in [1.82, 2.24) is 0 Å². The molecule has 0 aliphatic carbocycles. The van der Waals surface area contributed by atoms with Gasteiger partial charge < -0.3 is 0 Å². The predicted octanol–water partition coefficient (Wildman–Crippen LogP) is 3.73. The molecule has 0 radical (unpaired) electrons. The van der Waals surface area contributed by atoms with Crippen molar-refractivity contribution in [3.8, 4) is 0 Å². The molecule has 0 spiro atoms. The Morgan fingerprint density at radius 1 is 1.14 bits per heavy atom. The molecule has 0 N–H and O–H groups in total. The number of sulfonamides is 1. The van der Waals surface area contributed by atoms with Crippen LogP contribution in [0.2, 0.25) is 0 Å². The highest BCUT2D eigenvalue weighted by Crippen LogP contribution is 2.35. The number of nitrogens with zero attached hydrogens (tertiary/aromatic N) is 1. The summed E-state index contributed by atoms with van der Waals surface area (Å²) in [6.07, 6.45) is 0.774. The maximum Gasteiger partial charge on any atom is 0.239 e. The largest absolute Gasteiger partial charge is 0.267 e. The van der Waals surface area contributed by atoms with Crippen molar-refractivity contribution >= 4 is 31.6 Å². The van der Waals surface area contributed by atoms with Gasteiger partial charge in [-0.2, -0.15) is 0 Å². The maximum atomic E-state index is 12.8. The van der Waals surface area contributed by atoms with E-state index in [1.807, 2.05) is 55.5 Å². The molecule has 5 heteroatoms. The number of rotatable bonds is 3. The zero-order valence-corrected chi connectivity index (χ0v) is 14.1. The highest BCUT2D eigenvalue weighted by molar-refractivity contribution is 9.10. The van der Waals surface area contributed by atoms with Gasteiger partial charge in [0.15, 0.2) is 0 Å². The van der Waals surface area contributed by atoms with Gasteiger partial charge in [-0.25, -0.2) is 8.42 Å². The molecule has 0 amide bonds. The van der Waals surface area contributed by atoms with Gasteiger partial charge in [0.05, 0.1) is 11.4 Å². The molecule has 1 atom stereocenters. The first-order chi connectivity index (χ1) is 9.97. The molecule has 0 unspecified atom stereocenters. The molecule has 0 fully saturated rings. The Morgan fingerprint density at radius 3 is 2.52 bits per heavy atom. The van der Waals surface area contributed by atoms with Crippen LogP contribution in [0.25, 0.3) is 0 Å². The molecule has 1 aliphatic rings. The van der Waals surface area contributed by atoms with E-state index in [2.05, 4.69) is 15.9 Å². The third-order valence-electron chi connectivity index (χ3n) is 3.71. The van der Waals surface area contributed by atoms with E-state index in [1.54, 1.807) is 4.31 Å². The second-order valence-corrected chi connectivity index (χ2v) is 8.12. The summed E-state index contributed by atoms with van der Waals surface area (Å²) in [5.74, 6) is 0.0267. The van der Waals surface area contributed by atoms with Crippen molar-refractivity contribution in [2.75, 3.05) is 4.31 Å². The molecule has 2 aromatic rings. The molecule has 0 saturated heterocycles.